The molecule has 2 aliphatic carbocycles. The summed E-state index contributed by atoms with van der Waals surface area (Å²) < 4.78 is 0. The quantitative estimate of drug-likeness (QED) is 0.864. The molecular formula is C15H21N3O2. The van der Waals surface area contributed by atoms with Crippen LogP contribution in [0, 0.1) is 5.92 Å². The number of anilines is 1. The second kappa shape index (κ2) is 5.04. The minimum absolute atomic E-state index is 0.139. The standard InChI is InChI=1S/C15H21N3O2/c1-9(2)14-16-7-12(13(17-14)15(19)20)18(11-5-6-11)8-10-3-4-10/h7,9-11H,3-6,8H2,1-2H3,(H,19,20). The predicted octanol–water partition coefficient (Wildman–Crippen LogP) is 2.68. The molecule has 0 radical (unpaired) electrons. The molecule has 1 N–H and O–H groups in total. The van der Waals surface area contributed by atoms with Crippen LogP contribution in [0.5, 0.6) is 0 Å². The molecule has 0 unspecified atom stereocenters. The van der Waals surface area contributed by atoms with Gasteiger partial charge in [0, 0.05) is 18.5 Å². The highest BCUT2D eigenvalue weighted by Gasteiger charge is 2.36. The van der Waals surface area contributed by atoms with Crippen molar-refractivity contribution >= 4 is 11.7 Å². The zero-order chi connectivity index (χ0) is 14.3. The number of carboxylic acids is 1. The van der Waals surface area contributed by atoms with E-state index < -0.39 is 5.97 Å². The Labute approximate surface area is 119 Å². The van der Waals surface area contributed by atoms with Gasteiger partial charge in [0.2, 0.25) is 0 Å². The van der Waals surface area contributed by atoms with Gasteiger partial charge >= 0.3 is 5.97 Å². The first-order valence-electron chi connectivity index (χ1n) is 7.43. The Morgan fingerprint density at radius 1 is 1.40 bits per heavy atom. The number of hydrogen-bond acceptors (Lipinski definition) is 4. The van der Waals surface area contributed by atoms with Crippen LogP contribution in [0.1, 0.15) is 61.8 Å². The first-order chi connectivity index (χ1) is 9.56. The molecule has 2 fully saturated rings. The van der Waals surface area contributed by atoms with Gasteiger partial charge < -0.3 is 10.0 Å². The van der Waals surface area contributed by atoms with Gasteiger partial charge in [-0.1, -0.05) is 13.8 Å². The maximum Gasteiger partial charge on any atom is 0.356 e. The second-order valence-electron chi connectivity index (χ2n) is 6.25. The molecule has 20 heavy (non-hydrogen) atoms. The summed E-state index contributed by atoms with van der Waals surface area (Å²) in [5, 5.41) is 9.46. The Kier molecular flexibility index (Phi) is 3.36. The van der Waals surface area contributed by atoms with E-state index in [9.17, 15) is 9.90 Å². The SMILES string of the molecule is CC(C)c1ncc(N(CC2CC2)C2CC2)c(C(=O)O)n1. The van der Waals surface area contributed by atoms with Crippen LogP contribution >= 0.6 is 0 Å². The van der Waals surface area contributed by atoms with Crippen molar-refractivity contribution in [1.29, 1.82) is 0 Å². The smallest absolute Gasteiger partial charge is 0.356 e. The van der Waals surface area contributed by atoms with Gasteiger partial charge in [-0.15, -0.1) is 0 Å². The molecule has 108 valence electrons. The number of rotatable bonds is 6. The van der Waals surface area contributed by atoms with Gasteiger partial charge in [-0.3, -0.25) is 0 Å². The molecule has 0 saturated heterocycles. The molecule has 2 saturated carbocycles. The minimum Gasteiger partial charge on any atom is -0.476 e. The second-order valence-corrected chi connectivity index (χ2v) is 6.25. The third kappa shape index (κ3) is 2.76. The zero-order valence-electron chi connectivity index (χ0n) is 12.0. The molecule has 3 rings (SSSR count). The fourth-order valence-electron chi connectivity index (χ4n) is 2.44. The van der Waals surface area contributed by atoms with Crippen LogP contribution in [-0.4, -0.2) is 33.6 Å². The van der Waals surface area contributed by atoms with E-state index in [0.717, 1.165) is 25.3 Å². The summed E-state index contributed by atoms with van der Waals surface area (Å²) in [7, 11) is 0. The lowest BCUT2D eigenvalue weighted by Gasteiger charge is -2.25. The summed E-state index contributed by atoms with van der Waals surface area (Å²) in [6.07, 6.45) is 6.54. The first-order valence-corrected chi connectivity index (χ1v) is 7.43. The van der Waals surface area contributed by atoms with E-state index in [1.165, 1.54) is 12.8 Å². The number of carbonyl (C=O) groups is 1. The van der Waals surface area contributed by atoms with E-state index in [4.69, 9.17) is 0 Å². The zero-order valence-corrected chi connectivity index (χ0v) is 12.0. The summed E-state index contributed by atoms with van der Waals surface area (Å²) >= 11 is 0. The topological polar surface area (TPSA) is 66.3 Å². The van der Waals surface area contributed by atoms with Gasteiger partial charge in [-0.05, 0) is 31.6 Å². The highest BCUT2D eigenvalue weighted by atomic mass is 16.4. The van der Waals surface area contributed by atoms with Crippen LogP contribution in [0.15, 0.2) is 6.20 Å². The van der Waals surface area contributed by atoms with E-state index in [-0.39, 0.29) is 11.6 Å². The Hall–Kier alpha value is -1.65. The Balaban J connectivity index is 1.94. The number of nitrogens with zero attached hydrogens (tertiary/aromatic N) is 3. The van der Waals surface area contributed by atoms with Gasteiger partial charge in [0.15, 0.2) is 5.69 Å². The van der Waals surface area contributed by atoms with Crippen LogP contribution < -0.4 is 4.90 Å². The molecule has 1 aromatic heterocycles. The van der Waals surface area contributed by atoms with Crippen LogP contribution in [0.2, 0.25) is 0 Å². The van der Waals surface area contributed by atoms with Gasteiger partial charge in [0.05, 0.1) is 11.9 Å². The lowest BCUT2D eigenvalue weighted by atomic mass is 10.2. The normalized spacial score (nSPS) is 18.4. The van der Waals surface area contributed by atoms with Crippen molar-refractivity contribution in [1.82, 2.24) is 9.97 Å². The third-order valence-corrected chi connectivity index (χ3v) is 3.96. The predicted molar refractivity (Wildman–Crippen MR) is 76.2 cm³/mol. The highest BCUT2D eigenvalue weighted by molar-refractivity contribution is 5.92. The lowest BCUT2D eigenvalue weighted by molar-refractivity contribution is 0.0690. The molecule has 1 aromatic rings. The molecule has 1 heterocycles. The van der Waals surface area contributed by atoms with Crippen molar-refractivity contribution in [2.45, 2.75) is 51.5 Å². The molecule has 5 nitrogen and oxygen atoms in total. The fourth-order valence-corrected chi connectivity index (χ4v) is 2.44. The Bertz CT molecular complexity index is 522. The summed E-state index contributed by atoms with van der Waals surface area (Å²) in [5.74, 6) is 0.515. The van der Waals surface area contributed by atoms with Crippen molar-refractivity contribution in [3.8, 4) is 0 Å². The molecule has 0 bridgehead atoms. The molecule has 0 spiro atoms. The van der Waals surface area contributed by atoms with Crippen molar-refractivity contribution in [3.05, 3.63) is 17.7 Å². The van der Waals surface area contributed by atoms with Gasteiger partial charge in [-0.25, -0.2) is 14.8 Å². The van der Waals surface area contributed by atoms with Crippen LogP contribution in [0.4, 0.5) is 5.69 Å². The summed E-state index contributed by atoms with van der Waals surface area (Å²) in [6.45, 7) is 4.91. The molecule has 2 aliphatic rings. The number of aromatic carboxylic acids is 1. The maximum atomic E-state index is 11.5. The molecule has 0 amide bonds. The van der Waals surface area contributed by atoms with Crippen molar-refractivity contribution in [3.63, 3.8) is 0 Å². The van der Waals surface area contributed by atoms with E-state index in [1.54, 1.807) is 6.20 Å². The number of carboxylic acid groups (broad SMARTS) is 1. The van der Waals surface area contributed by atoms with Crippen LogP contribution in [0.25, 0.3) is 0 Å². The molecule has 0 aliphatic heterocycles. The summed E-state index contributed by atoms with van der Waals surface area (Å²) in [4.78, 5) is 22.4. The molecule has 0 atom stereocenters. The van der Waals surface area contributed by atoms with E-state index in [2.05, 4.69) is 14.9 Å². The Morgan fingerprint density at radius 3 is 2.60 bits per heavy atom. The third-order valence-electron chi connectivity index (χ3n) is 3.96. The first kappa shape index (κ1) is 13.3. The van der Waals surface area contributed by atoms with Gasteiger partial charge in [-0.2, -0.15) is 0 Å². The van der Waals surface area contributed by atoms with E-state index >= 15 is 0 Å². The monoisotopic (exact) mass is 275 g/mol. The van der Waals surface area contributed by atoms with E-state index in [1.807, 2.05) is 13.8 Å². The van der Waals surface area contributed by atoms with Gasteiger partial charge in [0.25, 0.3) is 0 Å². The summed E-state index contributed by atoms with van der Waals surface area (Å²) in [5.41, 5.74) is 0.868. The average Bonchev–Trinajstić information content (AvgIpc) is 3.26. The molecule has 5 heteroatoms. The number of hydrogen-bond donors (Lipinski definition) is 1. The molecular weight excluding hydrogens is 254 g/mol. The fraction of sp³-hybridized carbons (Fsp3) is 0.667. The maximum absolute atomic E-state index is 11.5. The average molecular weight is 275 g/mol. The highest BCUT2D eigenvalue weighted by Crippen LogP contribution is 2.38. The summed E-state index contributed by atoms with van der Waals surface area (Å²) in [6, 6.07) is 0.488. The lowest BCUT2D eigenvalue weighted by Crippen LogP contribution is -2.30. The largest absolute Gasteiger partial charge is 0.476 e. The van der Waals surface area contributed by atoms with E-state index in [0.29, 0.717) is 17.6 Å². The van der Waals surface area contributed by atoms with Crippen molar-refractivity contribution < 1.29 is 9.90 Å². The van der Waals surface area contributed by atoms with Crippen molar-refractivity contribution in [2.24, 2.45) is 5.92 Å². The van der Waals surface area contributed by atoms with Crippen molar-refractivity contribution in [2.75, 3.05) is 11.4 Å². The minimum atomic E-state index is -0.953. The molecule has 0 aromatic carbocycles. The number of aromatic nitrogens is 2. The Morgan fingerprint density at radius 2 is 2.10 bits per heavy atom. The van der Waals surface area contributed by atoms with Crippen LogP contribution in [0.3, 0.4) is 0 Å². The van der Waals surface area contributed by atoms with Gasteiger partial charge in [0.1, 0.15) is 5.82 Å². The van der Waals surface area contributed by atoms with Crippen LogP contribution in [-0.2, 0) is 0 Å².